The highest BCUT2D eigenvalue weighted by Crippen LogP contribution is 2.24. The maximum Gasteiger partial charge on any atom is 0.272 e. The zero-order valence-corrected chi connectivity index (χ0v) is 14.3. The Labute approximate surface area is 155 Å². The number of hydrogen-bond donors (Lipinski definition) is 1. The first kappa shape index (κ1) is 16.5. The van der Waals surface area contributed by atoms with Crippen molar-refractivity contribution in [3.05, 3.63) is 90.5 Å². The van der Waals surface area contributed by atoms with E-state index in [-0.39, 0.29) is 5.91 Å². The van der Waals surface area contributed by atoms with Crippen LogP contribution in [0.2, 0.25) is 0 Å². The van der Waals surface area contributed by atoms with Gasteiger partial charge in [-0.25, -0.2) is 10.4 Å². The van der Waals surface area contributed by atoms with Crippen molar-refractivity contribution in [3.63, 3.8) is 0 Å². The average Bonchev–Trinajstić information content (AvgIpc) is 2.74. The van der Waals surface area contributed by atoms with Crippen LogP contribution in [0.3, 0.4) is 0 Å². The molecule has 130 valence electrons. The molecule has 0 spiro atoms. The lowest BCUT2D eigenvalue weighted by molar-refractivity contribution is 0.0957. The molecule has 1 aromatic carbocycles. The molecule has 4 rings (SSSR count). The van der Waals surface area contributed by atoms with Crippen LogP contribution in [0.15, 0.2) is 84.5 Å². The Kier molecular flexibility index (Phi) is 4.61. The van der Waals surface area contributed by atoms with Gasteiger partial charge in [-0.05, 0) is 42.0 Å². The fourth-order valence-corrected chi connectivity index (χ4v) is 2.71. The Morgan fingerprint density at radius 1 is 0.926 bits per heavy atom. The van der Waals surface area contributed by atoms with E-state index >= 15 is 0 Å². The lowest BCUT2D eigenvalue weighted by atomic mass is 10.0. The van der Waals surface area contributed by atoms with Crippen molar-refractivity contribution in [1.82, 2.24) is 20.4 Å². The van der Waals surface area contributed by atoms with Crippen LogP contribution >= 0.6 is 0 Å². The number of hydrazone groups is 1. The van der Waals surface area contributed by atoms with Crippen LogP contribution in [0, 0.1) is 0 Å². The number of pyridine rings is 3. The molecule has 0 saturated heterocycles. The van der Waals surface area contributed by atoms with Crippen LogP contribution in [0.5, 0.6) is 0 Å². The number of amides is 1. The van der Waals surface area contributed by atoms with Gasteiger partial charge in [0, 0.05) is 35.7 Å². The first-order valence-corrected chi connectivity index (χ1v) is 8.35. The zero-order chi connectivity index (χ0) is 18.5. The Balaban J connectivity index is 1.69. The van der Waals surface area contributed by atoms with Gasteiger partial charge in [-0.2, -0.15) is 5.10 Å². The van der Waals surface area contributed by atoms with Crippen LogP contribution in [-0.4, -0.2) is 27.1 Å². The van der Waals surface area contributed by atoms with E-state index in [1.807, 2.05) is 36.4 Å². The summed E-state index contributed by atoms with van der Waals surface area (Å²) in [7, 11) is 0. The number of para-hydroxylation sites is 1. The molecule has 0 saturated carbocycles. The molecule has 0 aliphatic rings. The second-order valence-electron chi connectivity index (χ2n) is 5.79. The largest absolute Gasteiger partial charge is 0.272 e. The Bertz CT molecular complexity index is 1110. The number of rotatable bonds is 4. The number of nitrogens with one attached hydrogen (secondary N) is 1. The van der Waals surface area contributed by atoms with Crippen LogP contribution < -0.4 is 5.43 Å². The molecule has 0 radical (unpaired) electrons. The fraction of sp³-hybridized carbons (Fsp3) is 0. The Hall–Kier alpha value is -3.93. The van der Waals surface area contributed by atoms with Gasteiger partial charge >= 0.3 is 0 Å². The summed E-state index contributed by atoms with van der Waals surface area (Å²) in [6, 6.07) is 16.6. The van der Waals surface area contributed by atoms with Crippen molar-refractivity contribution in [2.24, 2.45) is 5.10 Å². The third-order valence-corrected chi connectivity index (χ3v) is 4.02. The average molecular weight is 353 g/mol. The number of nitrogens with zero attached hydrogens (tertiary/aromatic N) is 4. The standard InChI is InChI=1S/C21H15N5O/c27-21(26-24-14-15-5-9-22-10-6-15)18-13-20(16-7-11-23-12-8-16)25-19-4-2-1-3-17(18)19/h1-14H,(H,26,27)/b24-14+. The molecule has 0 unspecified atom stereocenters. The number of aromatic nitrogens is 3. The smallest absolute Gasteiger partial charge is 0.267 e. The molecule has 0 aliphatic heterocycles. The van der Waals surface area contributed by atoms with E-state index in [1.165, 1.54) is 0 Å². The molecule has 1 N–H and O–H groups in total. The highest BCUT2D eigenvalue weighted by molar-refractivity contribution is 6.07. The van der Waals surface area contributed by atoms with Gasteiger partial charge in [-0.3, -0.25) is 14.8 Å². The van der Waals surface area contributed by atoms with Crippen molar-refractivity contribution in [2.75, 3.05) is 0 Å². The van der Waals surface area contributed by atoms with Crippen molar-refractivity contribution >= 4 is 23.0 Å². The molecule has 0 atom stereocenters. The molecular formula is C21H15N5O. The molecular weight excluding hydrogens is 338 g/mol. The molecule has 0 bridgehead atoms. The number of fused-ring (bicyclic) bond motifs is 1. The zero-order valence-electron chi connectivity index (χ0n) is 14.3. The van der Waals surface area contributed by atoms with E-state index in [9.17, 15) is 4.79 Å². The first-order chi connectivity index (χ1) is 13.3. The number of carbonyl (C=O) groups is 1. The van der Waals surface area contributed by atoms with Crippen molar-refractivity contribution < 1.29 is 4.79 Å². The van der Waals surface area contributed by atoms with Crippen LogP contribution in [-0.2, 0) is 0 Å². The number of hydrogen-bond acceptors (Lipinski definition) is 5. The summed E-state index contributed by atoms with van der Waals surface area (Å²) >= 11 is 0. The summed E-state index contributed by atoms with van der Waals surface area (Å²) < 4.78 is 0. The van der Waals surface area contributed by atoms with Gasteiger partial charge in [-0.15, -0.1) is 0 Å². The third kappa shape index (κ3) is 3.69. The molecule has 4 aromatic rings. The highest BCUT2D eigenvalue weighted by Gasteiger charge is 2.13. The summed E-state index contributed by atoms with van der Waals surface area (Å²) in [5, 5.41) is 4.81. The number of carbonyl (C=O) groups excluding carboxylic acids is 1. The summed E-state index contributed by atoms with van der Waals surface area (Å²) in [4.78, 5) is 25.4. The minimum atomic E-state index is -0.297. The summed E-state index contributed by atoms with van der Waals surface area (Å²) in [6.07, 6.45) is 8.31. The maximum absolute atomic E-state index is 12.8. The molecule has 3 aromatic heterocycles. The van der Waals surface area contributed by atoms with Crippen LogP contribution in [0.1, 0.15) is 15.9 Å². The molecule has 0 fully saturated rings. The van der Waals surface area contributed by atoms with Gasteiger partial charge in [-0.1, -0.05) is 18.2 Å². The molecule has 27 heavy (non-hydrogen) atoms. The van der Waals surface area contributed by atoms with Crippen LogP contribution in [0.4, 0.5) is 0 Å². The second-order valence-corrected chi connectivity index (χ2v) is 5.79. The van der Waals surface area contributed by atoms with Crippen molar-refractivity contribution in [2.45, 2.75) is 0 Å². The summed E-state index contributed by atoms with van der Waals surface area (Å²) in [6.45, 7) is 0. The first-order valence-electron chi connectivity index (χ1n) is 8.35. The minimum Gasteiger partial charge on any atom is -0.267 e. The van der Waals surface area contributed by atoms with Crippen LogP contribution in [0.25, 0.3) is 22.2 Å². The van der Waals surface area contributed by atoms with E-state index < -0.39 is 0 Å². The van der Waals surface area contributed by atoms with Gasteiger partial charge in [0.05, 0.1) is 23.0 Å². The molecule has 0 aliphatic carbocycles. The number of benzene rings is 1. The molecule has 6 nitrogen and oxygen atoms in total. The Morgan fingerprint density at radius 2 is 1.63 bits per heavy atom. The van der Waals surface area contributed by atoms with E-state index in [1.54, 1.807) is 49.2 Å². The lowest BCUT2D eigenvalue weighted by Gasteiger charge is -2.08. The predicted molar refractivity (Wildman–Crippen MR) is 104 cm³/mol. The van der Waals surface area contributed by atoms with Gasteiger partial charge < -0.3 is 0 Å². The van der Waals surface area contributed by atoms with Gasteiger partial charge in [0.15, 0.2) is 0 Å². The van der Waals surface area contributed by atoms with E-state index in [2.05, 4.69) is 25.5 Å². The van der Waals surface area contributed by atoms with Gasteiger partial charge in [0.2, 0.25) is 0 Å². The summed E-state index contributed by atoms with van der Waals surface area (Å²) in [5.41, 5.74) is 6.30. The van der Waals surface area contributed by atoms with Crippen molar-refractivity contribution in [3.8, 4) is 11.3 Å². The monoisotopic (exact) mass is 353 g/mol. The highest BCUT2D eigenvalue weighted by atomic mass is 16.2. The van der Waals surface area contributed by atoms with Gasteiger partial charge in [0.1, 0.15) is 0 Å². The van der Waals surface area contributed by atoms with E-state index in [0.717, 1.165) is 22.0 Å². The summed E-state index contributed by atoms with van der Waals surface area (Å²) in [5.74, 6) is -0.297. The third-order valence-electron chi connectivity index (χ3n) is 4.02. The predicted octanol–water partition coefficient (Wildman–Crippen LogP) is 3.46. The van der Waals surface area contributed by atoms with E-state index in [0.29, 0.717) is 11.3 Å². The normalized spacial score (nSPS) is 11.0. The SMILES string of the molecule is O=C(N/N=C/c1ccncc1)c1cc(-c2ccncc2)nc2ccccc12. The molecule has 6 heteroatoms. The topological polar surface area (TPSA) is 80.1 Å². The Morgan fingerprint density at radius 3 is 2.41 bits per heavy atom. The second kappa shape index (κ2) is 7.53. The van der Waals surface area contributed by atoms with E-state index in [4.69, 9.17) is 0 Å². The quantitative estimate of drug-likeness (QED) is 0.450. The fourth-order valence-electron chi connectivity index (χ4n) is 2.71. The van der Waals surface area contributed by atoms with Crippen molar-refractivity contribution in [1.29, 1.82) is 0 Å². The lowest BCUT2D eigenvalue weighted by Crippen LogP contribution is -2.18. The maximum atomic E-state index is 12.8. The minimum absolute atomic E-state index is 0.297. The van der Waals surface area contributed by atoms with Gasteiger partial charge in [0.25, 0.3) is 5.91 Å². The molecule has 1 amide bonds. The molecule has 3 heterocycles.